The summed E-state index contributed by atoms with van der Waals surface area (Å²) in [6, 6.07) is 8.06. The van der Waals surface area contributed by atoms with E-state index in [4.69, 9.17) is 4.74 Å². The Labute approximate surface area is 137 Å². The minimum absolute atomic E-state index is 0.107. The Hall–Kier alpha value is -1.85. The Balaban J connectivity index is 1.85. The number of para-hydroxylation sites is 1. The van der Waals surface area contributed by atoms with Gasteiger partial charge in [-0.25, -0.2) is 0 Å². The maximum atomic E-state index is 13.1. The van der Waals surface area contributed by atoms with Crippen LogP contribution < -0.4 is 0 Å². The lowest BCUT2D eigenvalue weighted by Gasteiger charge is -2.25. The fraction of sp³-hybridized carbons (Fsp3) is 0.500. The van der Waals surface area contributed by atoms with E-state index in [2.05, 4.69) is 19.0 Å². The van der Waals surface area contributed by atoms with Crippen LogP contribution in [0.4, 0.5) is 0 Å². The van der Waals surface area contributed by atoms with Gasteiger partial charge in [-0.15, -0.1) is 0 Å². The zero-order valence-electron chi connectivity index (χ0n) is 14.2. The Kier molecular flexibility index (Phi) is 4.68. The van der Waals surface area contributed by atoms with Crippen LogP contribution in [0.1, 0.15) is 10.4 Å². The second-order valence-electron chi connectivity index (χ2n) is 6.63. The van der Waals surface area contributed by atoms with Gasteiger partial charge in [0, 0.05) is 49.7 Å². The molecule has 0 spiro atoms. The van der Waals surface area contributed by atoms with Crippen molar-refractivity contribution in [3.05, 3.63) is 36.0 Å². The lowest BCUT2D eigenvalue weighted by molar-refractivity contribution is 0.0737. The summed E-state index contributed by atoms with van der Waals surface area (Å²) in [5, 5.41) is 1.02. The van der Waals surface area contributed by atoms with Gasteiger partial charge in [0.05, 0.1) is 18.8 Å². The van der Waals surface area contributed by atoms with Crippen molar-refractivity contribution in [2.75, 3.05) is 46.9 Å². The molecule has 3 rings (SSSR count). The van der Waals surface area contributed by atoms with Crippen LogP contribution >= 0.6 is 0 Å². The molecule has 2 heterocycles. The molecule has 1 saturated heterocycles. The maximum Gasteiger partial charge on any atom is 0.256 e. The van der Waals surface area contributed by atoms with Gasteiger partial charge < -0.3 is 19.1 Å². The average Bonchev–Trinajstić information content (AvgIpc) is 2.70. The molecule has 0 bridgehead atoms. The Bertz CT molecular complexity index is 693. The normalized spacial score (nSPS) is 19.3. The van der Waals surface area contributed by atoms with Gasteiger partial charge in [0.25, 0.3) is 5.91 Å². The van der Waals surface area contributed by atoms with E-state index in [1.54, 1.807) is 0 Å². The summed E-state index contributed by atoms with van der Waals surface area (Å²) in [7, 11) is 6.10. The molecule has 1 aliphatic rings. The second-order valence-corrected chi connectivity index (χ2v) is 6.63. The lowest BCUT2D eigenvalue weighted by atomic mass is 10.1. The van der Waals surface area contributed by atoms with Gasteiger partial charge in [-0.05, 0) is 20.2 Å². The molecule has 1 aromatic heterocycles. The quantitative estimate of drug-likeness (QED) is 0.867. The van der Waals surface area contributed by atoms with Crippen molar-refractivity contribution >= 4 is 16.8 Å². The number of aryl methyl sites for hydroxylation is 1. The standard InChI is InChI=1S/C18H25N3O2/c1-19(2)10-14-11-21(8-9-23-13-14)18(22)16-12-20(3)17-7-5-4-6-15(16)17/h4-7,12,14H,8-11,13H2,1-3H3/t14-/m0/s1. The number of benzene rings is 1. The van der Waals surface area contributed by atoms with E-state index >= 15 is 0 Å². The van der Waals surface area contributed by atoms with Gasteiger partial charge in [-0.3, -0.25) is 4.79 Å². The first-order valence-corrected chi connectivity index (χ1v) is 8.12. The molecule has 23 heavy (non-hydrogen) atoms. The molecule has 1 aromatic carbocycles. The minimum Gasteiger partial charge on any atom is -0.379 e. The second kappa shape index (κ2) is 6.72. The van der Waals surface area contributed by atoms with Crippen LogP contribution in [0.2, 0.25) is 0 Å². The summed E-state index contributed by atoms with van der Waals surface area (Å²) in [4.78, 5) is 17.2. The molecular weight excluding hydrogens is 290 g/mol. The van der Waals surface area contributed by atoms with E-state index in [0.717, 1.165) is 36.2 Å². The van der Waals surface area contributed by atoms with Crippen molar-refractivity contribution in [1.29, 1.82) is 0 Å². The SMILES string of the molecule is CN(C)C[C@@H]1COCCN(C(=O)c2cn(C)c3ccccc23)C1. The third-order valence-corrected chi connectivity index (χ3v) is 4.38. The molecular formula is C18H25N3O2. The van der Waals surface area contributed by atoms with Crippen LogP contribution in [0.15, 0.2) is 30.5 Å². The van der Waals surface area contributed by atoms with Crippen LogP contribution in [0.25, 0.3) is 10.9 Å². The molecule has 0 unspecified atom stereocenters. The number of rotatable bonds is 3. The van der Waals surface area contributed by atoms with Crippen molar-refractivity contribution in [3.8, 4) is 0 Å². The van der Waals surface area contributed by atoms with Crippen LogP contribution in [0.5, 0.6) is 0 Å². The molecule has 5 nitrogen and oxygen atoms in total. The van der Waals surface area contributed by atoms with Gasteiger partial charge >= 0.3 is 0 Å². The predicted octanol–water partition coefficient (Wildman–Crippen LogP) is 1.83. The molecule has 1 fully saturated rings. The summed E-state index contributed by atoms with van der Waals surface area (Å²) in [5.74, 6) is 0.461. The molecule has 5 heteroatoms. The monoisotopic (exact) mass is 315 g/mol. The molecule has 1 amide bonds. The maximum absolute atomic E-state index is 13.1. The third-order valence-electron chi connectivity index (χ3n) is 4.38. The molecule has 2 aromatic rings. The highest BCUT2D eigenvalue weighted by Gasteiger charge is 2.25. The zero-order valence-corrected chi connectivity index (χ0v) is 14.2. The highest BCUT2D eigenvalue weighted by molar-refractivity contribution is 6.07. The van der Waals surface area contributed by atoms with E-state index in [1.807, 2.05) is 47.0 Å². The van der Waals surface area contributed by atoms with Gasteiger partial charge in [-0.1, -0.05) is 18.2 Å². The Morgan fingerprint density at radius 1 is 1.35 bits per heavy atom. The van der Waals surface area contributed by atoms with E-state index in [9.17, 15) is 4.79 Å². The van der Waals surface area contributed by atoms with E-state index < -0.39 is 0 Å². The van der Waals surface area contributed by atoms with E-state index in [0.29, 0.717) is 19.1 Å². The smallest absolute Gasteiger partial charge is 0.256 e. The number of ether oxygens (including phenoxy) is 1. The number of carbonyl (C=O) groups is 1. The highest BCUT2D eigenvalue weighted by Crippen LogP contribution is 2.22. The van der Waals surface area contributed by atoms with Crippen molar-refractivity contribution in [3.63, 3.8) is 0 Å². The first kappa shape index (κ1) is 16.0. The number of hydrogen-bond acceptors (Lipinski definition) is 3. The average molecular weight is 315 g/mol. The highest BCUT2D eigenvalue weighted by atomic mass is 16.5. The van der Waals surface area contributed by atoms with Crippen molar-refractivity contribution in [2.24, 2.45) is 13.0 Å². The van der Waals surface area contributed by atoms with Crippen LogP contribution in [0, 0.1) is 5.92 Å². The first-order chi connectivity index (χ1) is 11.1. The van der Waals surface area contributed by atoms with Crippen molar-refractivity contribution in [2.45, 2.75) is 0 Å². The summed E-state index contributed by atoms with van der Waals surface area (Å²) < 4.78 is 7.71. The van der Waals surface area contributed by atoms with Gasteiger partial charge in [0.1, 0.15) is 0 Å². The first-order valence-electron chi connectivity index (χ1n) is 8.12. The zero-order chi connectivity index (χ0) is 16.4. The van der Waals surface area contributed by atoms with Crippen LogP contribution in [0.3, 0.4) is 0 Å². The molecule has 0 aliphatic carbocycles. The topological polar surface area (TPSA) is 37.7 Å². The summed E-state index contributed by atoms with van der Waals surface area (Å²) in [6.07, 6.45) is 1.94. The van der Waals surface area contributed by atoms with E-state index in [-0.39, 0.29) is 5.91 Å². The molecule has 0 saturated carbocycles. The Morgan fingerprint density at radius 3 is 2.91 bits per heavy atom. The minimum atomic E-state index is 0.107. The van der Waals surface area contributed by atoms with Crippen molar-refractivity contribution in [1.82, 2.24) is 14.4 Å². The van der Waals surface area contributed by atoms with Gasteiger partial charge in [-0.2, -0.15) is 0 Å². The van der Waals surface area contributed by atoms with Crippen LogP contribution in [-0.4, -0.2) is 67.2 Å². The molecule has 1 atom stereocenters. The number of hydrogen-bond donors (Lipinski definition) is 0. The number of fused-ring (bicyclic) bond motifs is 1. The lowest BCUT2D eigenvalue weighted by Crippen LogP contribution is -2.38. The number of aromatic nitrogens is 1. The fourth-order valence-electron chi connectivity index (χ4n) is 3.37. The number of nitrogens with zero attached hydrogens (tertiary/aromatic N) is 3. The molecule has 124 valence electrons. The van der Waals surface area contributed by atoms with E-state index in [1.165, 1.54) is 0 Å². The molecule has 0 N–H and O–H groups in total. The van der Waals surface area contributed by atoms with Gasteiger partial charge in [0.15, 0.2) is 0 Å². The van der Waals surface area contributed by atoms with Gasteiger partial charge in [0.2, 0.25) is 0 Å². The Morgan fingerprint density at radius 2 is 2.13 bits per heavy atom. The summed E-state index contributed by atoms with van der Waals surface area (Å²) in [6.45, 7) is 3.67. The van der Waals surface area contributed by atoms with Crippen molar-refractivity contribution < 1.29 is 9.53 Å². The summed E-state index contributed by atoms with van der Waals surface area (Å²) >= 11 is 0. The predicted molar refractivity (Wildman–Crippen MR) is 91.7 cm³/mol. The third kappa shape index (κ3) is 3.41. The largest absolute Gasteiger partial charge is 0.379 e. The summed E-state index contributed by atoms with van der Waals surface area (Å²) in [5.41, 5.74) is 1.88. The molecule has 1 aliphatic heterocycles. The number of carbonyl (C=O) groups excluding carboxylic acids is 1. The molecule has 0 radical (unpaired) electrons. The fourth-order valence-corrected chi connectivity index (χ4v) is 3.37. The number of amides is 1. The van der Waals surface area contributed by atoms with Crippen LogP contribution in [-0.2, 0) is 11.8 Å².